The minimum atomic E-state index is -0.866. The highest BCUT2D eigenvalue weighted by Gasteiger charge is 2.12. The quantitative estimate of drug-likeness (QED) is 0.843. The van der Waals surface area contributed by atoms with Crippen LogP contribution in [0.2, 0.25) is 0 Å². The third kappa shape index (κ3) is 2.93. The highest BCUT2D eigenvalue weighted by atomic mass is 32.2. The topological polar surface area (TPSA) is 37.3 Å². The van der Waals surface area contributed by atoms with Gasteiger partial charge in [0.1, 0.15) is 0 Å². The van der Waals surface area contributed by atoms with Gasteiger partial charge < -0.3 is 5.11 Å². The highest BCUT2D eigenvalue weighted by molar-refractivity contribution is 7.98. The van der Waals surface area contributed by atoms with Crippen LogP contribution in [0.25, 0.3) is 0 Å². The molecule has 0 saturated carbocycles. The third-order valence-corrected chi connectivity index (χ3v) is 3.98. The van der Waals surface area contributed by atoms with Crippen molar-refractivity contribution in [3.63, 3.8) is 0 Å². The van der Waals surface area contributed by atoms with E-state index in [-0.39, 0.29) is 0 Å². The molecule has 0 radical (unpaired) electrons. The van der Waals surface area contributed by atoms with E-state index in [1.807, 2.05) is 43.3 Å². The summed E-state index contributed by atoms with van der Waals surface area (Å²) in [6, 6.07) is 15.4. The van der Waals surface area contributed by atoms with E-state index in [2.05, 4.69) is 0 Å². The number of hydrogen-bond donors (Lipinski definition) is 1. The Labute approximate surface area is 111 Å². The largest absolute Gasteiger partial charge is 0.478 e. The molecule has 0 atom stereocenters. The molecule has 2 rings (SSSR count). The molecule has 0 aliphatic carbocycles. The first-order chi connectivity index (χ1) is 8.68. The second-order valence-electron chi connectivity index (χ2n) is 4.03. The minimum Gasteiger partial charge on any atom is -0.478 e. The van der Waals surface area contributed by atoms with Gasteiger partial charge in [0.2, 0.25) is 0 Å². The van der Waals surface area contributed by atoms with E-state index in [1.165, 1.54) is 5.56 Å². The Morgan fingerprint density at radius 1 is 1.11 bits per heavy atom. The molecule has 18 heavy (non-hydrogen) atoms. The van der Waals surface area contributed by atoms with Crippen molar-refractivity contribution in [2.24, 2.45) is 0 Å². The van der Waals surface area contributed by atoms with Crippen LogP contribution in [0.3, 0.4) is 0 Å². The molecule has 0 spiro atoms. The zero-order chi connectivity index (χ0) is 13.0. The highest BCUT2D eigenvalue weighted by Crippen LogP contribution is 2.29. The van der Waals surface area contributed by atoms with Crippen LogP contribution in [0.4, 0.5) is 0 Å². The van der Waals surface area contributed by atoms with E-state index >= 15 is 0 Å². The fourth-order valence-electron chi connectivity index (χ4n) is 1.74. The number of hydrogen-bond acceptors (Lipinski definition) is 2. The molecule has 0 aromatic heterocycles. The van der Waals surface area contributed by atoms with Crippen LogP contribution in [-0.2, 0) is 5.75 Å². The second kappa shape index (κ2) is 5.74. The maximum absolute atomic E-state index is 11.2. The van der Waals surface area contributed by atoms with Gasteiger partial charge in [-0.3, -0.25) is 0 Å². The first-order valence-electron chi connectivity index (χ1n) is 5.68. The number of carboxylic acid groups (broad SMARTS) is 1. The molecule has 0 saturated heterocycles. The van der Waals surface area contributed by atoms with Gasteiger partial charge in [-0.25, -0.2) is 4.79 Å². The smallest absolute Gasteiger partial charge is 0.336 e. The van der Waals surface area contributed by atoms with Crippen molar-refractivity contribution in [3.05, 3.63) is 65.2 Å². The van der Waals surface area contributed by atoms with Crippen LogP contribution < -0.4 is 0 Å². The number of benzene rings is 2. The van der Waals surface area contributed by atoms with Gasteiger partial charge in [0, 0.05) is 10.6 Å². The van der Waals surface area contributed by atoms with Crippen LogP contribution in [0.1, 0.15) is 21.5 Å². The monoisotopic (exact) mass is 258 g/mol. The van der Waals surface area contributed by atoms with Crippen LogP contribution in [0.15, 0.2) is 53.4 Å². The predicted octanol–water partition coefficient (Wildman–Crippen LogP) is 3.99. The summed E-state index contributed by atoms with van der Waals surface area (Å²) < 4.78 is 0. The van der Waals surface area contributed by atoms with Crippen molar-refractivity contribution in [1.82, 2.24) is 0 Å². The molecule has 0 unspecified atom stereocenters. The van der Waals surface area contributed by atoms with Gasteiger partial charge in [-0.1, -0.05) is 42.5 Å². The molecule has 3 heteroatoms. The molecule has 2 nitrogen and oxygen atoms in total. The Morgan fingerprint density at radius 3 is 2.50 bits per heavy atom. The standard InChI is InChI=1S/C15H14O2S/c1-11-6-5-9-13(15(16)17)14(11)18-10-12-7-3-2-4-8-12/h2-9H,10H2,1H3,(H,16,17). The van der Waals surface area contributed by atoms with Gasteiger partial charge in [-0.15, -0.1) is 11.8 Å². The normalized spacial score (nSPS) is 10.3. The van der Waals surface area contributed by atoms with E-state index < -0.39 is 5.97 Å². The summed E-state index contributed by atoms with van der Waals surface area (Å²) >= 11 is 1.57. The lowest BCUT2D eigenvalue weighted by molar-refractivity contribution is 0.0693. The Kier molecular flexibility index (Phi) is 4.05. The van der Waals surface area contributed by atoms with Crippen LogP contribution >= 0.6 is 11.8 Å². The second-order valence-corrected chi connectivity index (χ2v) is 5.02. The van der Waals surface area contributed by atoms with Crippen molar-refractivity contribution in [2.45, 2.75) is 17.6 Å². The number of carboxylic acids is 1. The molecule has 0 aliphatic heterocycles. The molecule has 0 bridgehead atoms. The number of aromatic carboxylic acids is 1. The van der Waals surface area contributed by atoms with Crippen LogP contribution in [-0.4, -0.2) is 11.1 Å². The lowest BCUT2D eigenvalue weighted by Gasteiger charge is -2.09. The SMILES string of the molecule is Cc1cccc(C(=O)O)c1SCc1ccccc1. The summed E-state index contributed by atoms with van der Waals surface area (Å²) in [5, 5.41) is 9.17. The van der Waals surface area contributed by atoms with E-state index in [1.54, 1.807) is 23.9 Å². The molecule has 2 aromatic rings. The maximum Gasteiger partial charge on any atom is 0.336 e. The van der Waals surface area contributed by atoms with Crippen LogP contribution in [0, 0.1) is 6.92 Å². The van der Waals surface area contributed by atoms with E-state index in [0.717, 1.165) is 16.2 Å². The summed E-state index contributed by atoms with van der Waals surface area (Å²) in [7, 11) is 0. The van der Waals surface area contributed by atoms with E-state index in [0.29, 0.717) is 5.56 Å². The van der Waals surface area contributed by atoms with E-state index in [9.17, 15) is 9.90 Å². The van der Waals surface area contributed by atoms with Gasteiger partial charge >= 0.3 is 5.97 Å². The van der Waals surface area contributed by atoms with Gasteiger partial charge in [0.15, 0.2) is 0 Å². The molecule has 0 aliphatic rings. The summed E-state index contributed by atoms with van der Waals surface area (Å²) in [6.45, 7) is 1.94. The van der Waals surface area contributed by atoms with Gasteiger partial charge in [-0.2, -0.15) is 0 Å². The average molecular weight is 258 g/mol. The molecule has 92 valence electrons. The fraction of sp³-hybridized carbons (Fsp3) is 0.133. The van der Waals surface area contributed by atoms with Gasteiger partial charge in [0.25, 0.3) is 0 Å². The Balaban J connectivity index is 2.21. The lowest BCUT2D eigenvalue weighted by Crippen LogP contribution is -2.00. The summed E-state index contributed by atoms with van der Waals surface area (Å²) in [6.07, 6.45) is 0. The molecule has 1 N–H and O–H groups in total. The Bertz CT molecular complexity index is 550. The van der Waals surface area contributed by atoms with Crippen molar-refractivity contribution in [3.8, 4) is 0 Å². The van der Waals surface area contributed by atoms with Crippen molar-refractivity contribution >= 4 is 17.7 Å². The summed E-state index contributed by atoms with van der Waals surface area (Å²) in [5.41, 5.74) is 2.59. The molecule has 2 aromatic carbocycles. The first-order valence-corrected chi connectivity index (χ1v) is 6.66. The number of aryl methyl sites for hydroxylation is 1. The third-order valence-electron chi connectivity index (χ3n) is 2.67. The first kappa shape index (κ1) is 12.7. The predicted molar refractivity (Wildman–Crippen MR) is 74.1 cm³/mol. The minimum absolute atomic E-state index is 0.385. The number of thioether (sulfide) groups is 1. The zero-order valence-electron chi connectivity index (χ0n) is 10.1. The van der Waals surface area contributed by atoms with Crippen LogP contribution in [0.5, 0.6) is 0 Å². The number of rotatable bonds is 4. The van der Waals surface area contributed by atoms with Crippen molar-refractivity contribution in [2.75, 3.05) is 0 Å². The van der Waals surface area contributed by atoms with E-state index in [4.69, 9.17) is 0 Å². The van der Waals surface area contributed by atoms with Gasteiger partial charge in [-0.05, 0) is 24.1 Å². The molecular weight excluding hydrogens is 244 g/mol. The Morgan fingerprint density at radius 2 is 1.83 bits per heavy atom. The maximum atomic E-state index is 11.2. The number of carbonyl (C=O) groups is 1. The zero-order valence-corrected chi connectivity index (χ0v) is 10.9. The van der Waals surface area contributed by atoms with Gasteiger partial charge in [0.05, 0.1) is 5.56 Å². The Hall–Kier alpha value is -1.74. The molecule has 0 fully saturated rings. The van der Waals surface area contributed by atoms with Crippen molar-refractivity contribution in [1.29, 1.82) is 0 Å². The molecule has 0 amide bonds. The lowest BCUT2D eigenvalue weighted by atomic mass is 10.1. The molecule has 0 heterocycles. The molecular formula is C15H14O2S. The average Bonchev–Trinajstić information content (AvgIpc) is 2.38. The summed E-state index contributed by atoms with van der Waals surface area (Å²) in [4.78, 5) is 12.0. The van der Waals surface area contributed by atoms with Crippen molar-refractivity contribution < 1.29 is 9.90 Å². The fourth-order valence-corrected chi connectivity index (χ4v) is 2.85. The summed E-state index contributed by atoms with van der Waals surface area (Å²) in [5.74, 6) is -0.0827.